The zero-order chi connectivity index (χ0) is 13.4. The van der Waals surface area contributed by atoms with E-state index in [-0.39, 0.29) is 5.56 Å². The van der Waals surface area contributed by atoms with E-state index >= 15 is 0 Å². The maximum absolute atomic E-state index is 11.8. The summed E-state index contributed by atoms with van der Waals surface area (Å²) < 4.78 is 1.49. The van der Waals surface area contributed by atoms with Crippen LogP contribution in [0.15, 0.2) is 17.1 Å². The van der Waals surface area contributed by atoms with Gasteiger partial charge in [-0.15, -0.1) is 0 Å². The van der Waals surface area contributed by atoms with Gasteiger partial charge in [-0.1, -0.05) is 13.8 Å². The second kappa shape index (κ2) is 7.84. The molecule has 1 aromatic heterocycles. The molecular formula is C12H23N5O. The Hall–Kier alpha value is -1.40. The molecule has 18 heavy (non-hydrogen) atoms. The molecule has 6 heteroatoms. The number of rotatable bonds is 8. The highest BCUT2D eigenvalue weighted by Gasteiger charge is 2.03. The van der Waals surface area contributed by atoms with Crippen LogP contribution in [0.1, 0.15) is 13.8 Å². The van der Waals surface area contributed by atoms with Crippen LogP contribution in [0.5, 0.6) is 0 Å². The Morgan fingerprint density at radius 2 is 2.17 bits per heavy atom. The van der Waals surface area contributed by atoms with Crippen LogP contribution in [-0.4, -0.2) is 47.4 Å². The summed E-state index contributed by atoms with van der Waals surface area (Å²) >= 11 is 0. The van der Waals surface area contributed by atoms with E-state index in [2.05, 4.69) is 29.2 Å². The first kappa shape index (κ1) is 14.7. The summed E-state index contributed by atoms with van der Waals surface area (Å²) in [7, 11) is 0. The average molecular weight is 253 g/mol. The van der Waals surface area contributed by atoms with Gasteiger partial charge in [-0.2, -0.15) is 5.10 Å². The minimum absolute atomic E-state index is 0.0795. The average Bonchev–Trinajstić information content (AvgIpc) is 2.39. The third kappa shape index (κ3) is 4.46. The van der Waals surface area contributed by atoms with Gasteiger partial charge >= 0.3 is 0 Å². The van der Waals surface area contributed by atoms with Crippen molar-refractivity contribution in [2.75, 3.05) is 38.0 Å². The Morgan fingerprint density at radius 3 is 2.72 bits per heavy atom. The Labute approximate surface area is 108 Å². The largest absolute Gasteiger partial charge is 0.382 e. The number of anilines is 1. The summed E-state index contributed by atoms with van der Waals surface area (Å²) in [6.45, 7) is 8.84. The van der Waals surface area contributed by atoms with Gasteiger partial charge in [-0.25, -0.2) is 4.68 Å². The second-order valence-corrected chi connectivity index (χ2v) is 4.05. The van der Waals surface area contributed by atoms with E-state index in [0.29, 0.717) is 19.6 Å². The molecule has 0 atom stereocenters. The topological polar surface area (TPSA) is 76.2 Å². The molecule has 0 radical (unpaired) electrons. The van der Waals surface area contributed by atoms with Crippen LogP contribution in [-0.2, 0) is 6.54 Å². The van der Waals surface area contributed by atoms with Crippen molar-refractivity contribution in [2.24, 2.45) is 5.73 Å². The lowest BCUT2D eigenvalue weighted by atomic mass is 10.4. The van der Waals surface area contributed by atoms with E-state index in [1.807, 2.05) is 0 Å². The molecule has 0 amide bonds. The second-order valence-electron chi connectivity index (χ2n) is 4.05. The van der Waals surface area contributed by atoms with Gasteiger partial charge in [0.05, 0.1) is 18.4 Å². The van der Waals surface area contributed by atoms with Crippen molar-refractivity contribution in [3.8, 4) is 0 Å². The number of nitrogens with one attached hydrogen (secondary N) is 1. The van der Waals surface area contributed by atoms with Gasteiger partial charge in [0.25, 0.3) is 5.56 Å². The molecule has 0 aliphatic carbocycles. The predicted molar refractivity (Wildman–Crippen MR) is 73.8 cm³/mol. The van der Waals surface area contributed by atoms with Crippen molar-refractivity contribution >= 4 is 5.69 Å². The Morgan fingerprint density at radius 1 is 1.44 bits per heavy atom. The first-order valence-electron chi connectivity index (χ1n) is 6.44. The summed E-state index contributed by atoms with van der Waals surface area (Å²) in [6.07, 6.45) is 1.67. The van der Waals surface area contributed by atoms with Crippen molar-refractivity contribution < 1.29 is 0 Å². The molecule has 0 aromatic carbocycles. The van der Waals surface area contributed by atoms with Crippen molar-refractivity contribution in [1.82, 2.24) is 14.7 Å². The first-order valence-corrected chi connectivity index (χ1v) is 6.44. The van der Waals surface area contributed by atoms with Gasteiger partial charge in [-0.05, 0) is 13.1 Å². The molecule has 0 bridgehead atoms. The summed E-state index contributed by atoms with van der Waals surface area (Å²) in [5, 5.41) is 7.18. The van der Waals surface area contributed by atoms with Crippen molar-refractivity contribution in [3.63, 3.8) is 0 Å². The van der Waals surface area contributed by atoms with Crippen molar-refractivity contribution in [3.05, 3.63) is 22.6 Å². The van der Waals surface area contributed by atoms with Gasteiger partial charge in [-0.3, -0.25) is 4.79 Å². The van der Waals surface area contributed by atoms with Crippen molar-refractivity contribution in [1.29, 1.82) is 0 Å². The molecule has 0 aliphatic heterocycles. The highest BCUT2D eigenvalue weighted by atomic mass is 16.1. The smallest absolute Gasteiger partial charge is 0.268 e. The highest BCUT2D eigenvalue weighted by molar-refractivity contribution is 5.38. The molecule has 1 heterocycles. The molecule has 0 spiro atoms. The molecule has 1 aromatic rings. The lowest BCUT2D eigenvalue weighted by Crippen LogP contribution is -2.32. The SMILES string of the molecule is CCN(CC)CCn1ncc(NCCN)cc1=O. The van der Waals surface area contributed by atoms with E-state index in [9.17, 15) is 4.79 Å². The molecule has 0 saturated heterocycles. The maximum Gasteiger partial charge on any atom is 0.268 e. The van der Waals surface area contributed by atoms with Gasteiger partial charge < -0.3 is 16.0 Å². The minimum atomic E-state index is -0.0795. The van der Waals surface area contributed by atoms with Crippen LogP contribution in [0.2, 0.25) is 0 Å². The van der Waals surface area contributed by atoms with Crippen LogP contribution in [0.4, 0.5) is 5.69 Å². The number of nitrogens with two attached hydrogens (primary N) is 1. The maximum atomic E-state index is 11.8. The van der Waals surface area contributed by atoms with Gasteiger partial charge in [0.2, 0.25) is 0 Å². The summed E-state index contributed by atoms with van der Waals surface area (Å²) in [4.78, 5) is 14.1. The lowest BCUT2D eigenvalue weighted by Gasteiger charge is -2.17. The van der Waals surface area contributed by atoms with E-state index in [1.54, 1.807) is 12.3 Å². The van der Waals surface area contributed by atoms with Gasteiger partial charge in [0.15, 0.2) is 0 Å². The fourth-order valence-corrected chi connectivity index (χ4v) is 1.69. The molecule has 6 nitrogen and oxygen atoms in total. The van der Waals surface area contributed by atoms with Crippen LogP contribution in [0.3, 0.4) is 0 Å². The highest BCUT2D eigenvalue weighted by Crippen LogP contribution is 1.98. The fourth-order valence-electron chi connectivity index (χ4n) is 1.69. The Bertz CT molecular complexity index is 400. The zero-order valence-corrected chi connectivity index (χ0v) is 11.2. The van der Waals surface area contributed by atoms with Crippen LogP contribution >= 0.6 is 0 Å². The Kier molecular flexibility index (Phi) is 6.38. The van der Waals surface area contributed by atoms with E-state index in [1.165, 1.54) is 4.68 Å². The van der Waals surface area contributed by atoms with Crippen molar-refractivity contribution in [2.45, 2.75) is 20.4 Å². The normalized spacial score (nSPS) is 10.9. The number of likely N-dealkylation sites (N-methyl/N-ethyl adjacent to an activating group) is 1. The number of aromatic nitrogens is 2. The fraction of sp³-hybridized carbons (Fsp3) is 0.667. The number of nitrogens with zero attached hydrogens (tertiary/aromatic N) is 3. The van der Waals surface area contributed by atoms with Gasteiger partial charge in [0.1, 0.15) is 0 Å². The summed E-state index contributed by atoms with van der Waals surface area (Å²) in [5.41, 5.74) is 6.03. The van der Waals surface area contributed by atoms with Crippen LogP contribution < -0.4 is 16.6 Å². The third-order valence-corrected chi connectivity index (χ3v) is 2.87. The Balaban J connectivity index is 2.59. The molecule has 102 valence electrons. The van der Waals surface area contributed by atoms with E-state index in [0.717, 1.165) is 25.3 Å². The number of hydrogen-bond acceptors (Lipinski definition) is 5. The summed E-state index contributed by atoms with van der Waals surface area (Å²) in [6, 6.07) is 1.56. The summed E-state index contributed by atoms with van der Waals surface area (Å²) in [5.74, 6) is 0. The quantitative estimate of drug-likeness (QED) is 0.679. The molecule has 0 saturated carbocycles. The molecular weight excluding hydrogens is 230 g/mol. The minimum Gasteiger partial charge on any atom is -0.382 e. The van der Waals surface area contributed by atoms with Crippen LogP contribution in [0.25, 0.3) is 0 Å². The standard InChI is InChI=1S/C12H23N5O/c1-3-16(4-2)7-8-17-12(18)9-11(10-15-17)14-6-5-13/h9-10,14H,3-8,13H2,1-2H3. The zero-order valence-electron chi connectivity index (χ0n) is 11.2. The molecule has 3 N–H and O–H groups in total. The van der Waals surface area contributed by atoms with E-state index in [4.69, 9.17) is 5.73 Å². The lowest BCUT2D eigenvalue weighted by molar-refractivity contribution is 0.282. The van der Waals surface area contributed by atoms with Gasteiger partial charge in [0, 0.05) is 25.7 Å². The molecule has 1 rings (SSSR count). The molecule has 0 fully saturated rings. The third-order valence-electron chi connectivity index (χ3n) is 2.87. The monoisotopic (exact) mass is 253 g/mol. The molecule has 0 unspecified atom stereocenters. The predicted octanol–water partition coefficient (Wildman–Crippen LogP) is -0.0443. The molecule has 0 aliphatic rings. The first-order chi connectivity index (χ1) is 8.71. The number of hydrogen-bond donors (Lipinski definition) is 2. The van der Waals surface area contributed by atoms with Crippen LogP contribution in [0, 0.1) is 0 Å². The van der Waals surface area contributed by atoms with E-state index < -0.39 is 0 Å².